The summed E-state index contributed by atoms with van der Waals surface area (Å²) in [6, 6.07) is 78.3. The molecule has 0 fully saturated rings. The molecule has 0 aromatic heterocycles. The third-order valence-electron chi connectivity index (χ3n) is 12.4. The highest BCUT2D eigenvalue weighted by Gasteiger charge is 2.36. The molecule has 11 rings (SSSR count). The van der Waals surface area contributed by atoms with Gasteiger partial charge >= 0.3 is 0 Å². The van der Waals surface area contributed by atoms with Crippen molar-refractivity contribution in [3.8, 4) is 44.5 Å². The summed E-state index contributed by atoms with van der Waals surface area (Å²) < 4.78 is 0. The molecule has 0 saturated heterocycles. The van der Waals surface area contributed by atoms with E-state index in [-0.39, 0.29) is 5.41 Å². The molecule has 10 aromatic rings. The van der Waals surface area contributed by atoms with Crippen LogP contribution in [0.15, 0.2) is 212 Å². The van der Waals surface area contributed by atoms with Gasteiger partial charge in [-0.05, 0) is 131 Å². The molecule has 0 saturated carbocycles. The van der Waals surface area contributed by atoms with Gasteiger partial charge in [-0.25, -0.2) is 0 Å². The van der Waals surface area contributed by atoms with Gasteiger partial charge in [-0.1, -0.05) is 178 Å². The monoisotopic (exact) mass is 739 g/mol. The lowest BCUT2D eigenvalue weighted by Gasteiger charge is -2.30. The van der Waals surface area contributed by atoms with E-state index in [2.05, 4.69) is 231 Å². The van der Waals surface area contributed by atoms with Gasteiger partial charge in [0.1, 0.15) is 0 Å². The first-order chi connectivity index (χ1) is 28.5. The van der Waals surface area contributed by atoms with E-state index in [1.165, 1.54) is 88.0 Å². The van der Waals surface area contributed by atoms with Gasteiger partial charge in [0.2, 0.25) is 0 Å². The summed E-state index contributed by atoms with van der Waals surface area (Å²) in [5, 5.41) is 7.50. The summed E-state index contributed by atoms with van der Waals surface area (Å²) in [6.07, 6.45) is 0. The molecule has 10 aromatic carbocycles. The van der Waals surface area contributed by atoms with E-state index >= 15 is 0 Å². The Balaban J connectivity index is 1.10. The number of hydrogen-bond acceptors (Lipinski definition) is 1. The smallest absolute Gasteiger partial charge is 0.0546 e. The van der Waals surface area contributed by atoms with Crippen molar-refractivity contribution in [2.24, 2.45) is 0 Å². The maximum atomic E-state index is 2.48. The maximum Gasteiger partial charge on any atom is 0.0546 e. The van der Waals surface area contributed by atoms with E-state index < -0.39 is 0 Å². The Labute approximate surface area is 340 Å². The fourth-order valence-electron chi connectivity index (χ4n) is 9.36. The van der Waals surface area contributed by atoms with Crippen LogP contribution in [0.5, 0.6) is 0 Å². The van der Waals surface area contributed by atoms with Crippen molar-refractivity contribution >= 4 is 49.4 Å². The van der Waals surface area contributed by atoms with Gasteiger partial charge in [-0.2, -0.15) is 0 Å². The second-order valence-electron chi connectivity index (χ2n) is 16.2. The predicted octanol–water partition coefficient (Wildman–Crippen LogP) is 15.9. The van der Waals surface area contributed by atoms with Crippen molar-refractivity contribution in [1.29, 1.82) is 0 Å². The molecule has 1 aliphatic carbocycles. The quantitative estimate of drug-likeness (QED) is 0.164. The number of anilines is 3. The molecule has 0 N–H and O–H groups in total. The molecule has 1 aliphatic rings. The first-order valence-corrected chi connectivity index (χ1v) is 20.2. The van der Waals surface area contributed by atoms with Crippen LogP contribution in [0.2, 0.25) is 0 Å². The minimum Gasteiger partial charge on any atom is -0.310 e. The Morgan fingerprint density at radius 3 is 1.53 bits per heavy atom. The van der Waals surface area contributed by atoms with Crippen LogP contribution in [0.3, 0.4) is 0 Å². The Hall–Kier alpha value is -7.22. The fraction of sp³-hybridized carbons (Fsp3) is 0.0526. The van der Waals surface area contributed by atoms with Crippen LogP contribution in [0.4, 0.5) is 17.1 Å². The number of hydrogen-bond donors (Lipinski definition) is 0. The summed E-state index contributed by atoms with van der Waals surface area (Å²) in [4.78, 5) is 2.48. The highest BCUT2D eigenvalue weighted by molar-refractivity contribution is 6.07. The van der Waals surface area contributed by atoms with E-state index in [1.807, 2.05) is 0 Å². The lowest BCUT2D eigenvalue weighted by atomic mass is 9.81. The van der Waals surface area contributed by atoms with Crippen molar-refractivity contribution in [3.05, 3.63) is 223 Å². The van der Waals surface area contributed by atoms with Crippen molar-refractivity contribution in [1.82, 2.24) is 0 Å². The maximum absolute atomic E-state index is 2.48. The van der Waals surface area contributed by atoms with Gasteiger partial charge < -0.3 is 4.90 Å². The van der Waals surface area contributed by atoms with Gasteiger partial charge in [0.25, 0.3) is 0 Å². The number of rotatable bonds is 6. The normalized spacial score (nSPS) is 12.8. The average molecular weight is 740 g/mol. The Morgan fingerprint density at radius 2 is 0.828 bits per heavy atom. The zero-order valence-electron chi connectivity index (χ0n) is 32.7. The Kier molecular flexibility index (Phi) is 7.91. The minimum atomic E-state index is -0.170. The first-order valence-electron chi connectivity index (χ1n) is 20.2. The van der Waals surface area contributed by atoms with Crippen molar-refractivity contribution in [2.75, 3.05) is 4.90 Å². The van der Waals surface area contributed by atoms with Gasteiger partial charge in [0, 0.05) is 22.4 Å². The molecular formula is C57H41N. The third kappa shape index (κ3) is 5.62. The first kappa shape index (κ1) is 34.1. The SMILES string of the molecule is CC1(C)c2cc(N(c3ccc(-c4ccc(-c5ccccc5)cc4)cc3)c3ccc4ccccc4c3-c3ccc4ccccc4c3)ccc2-c2cc3ccccc3cc21. The third-order valence-corrected chi connectivity index (χ3v) is 12.4. The summed E-state index contributed by atoms with van der Waals surface area (Å²) in [7, 11) is 0. The summed E-state index contributed by atoms with van der Waals surface area (Å²) in [5.41, 5.74) is 15.9. The van der Waals surface area contributed by atoms with E-state index in [4.69, 9.17) is 0 Å². The van der Waals surface area contributed by atoms with Crippen LogP contribution in [0, 0.1) is 0 Å². The number of nitrogens with zero attached hydrogens (tertiary/aromatic N) is 1. The van der Waals surface area contributed by atoms with Crippen LogP contribution in [0.1, 0.15) is 25.0 Å². The second kappa shape index (κ2) is 13.5. The zero-order chi connectivity index (χ0) is 38.8. The molecule has 274 valence electrons. The van der Waals surface area contributed by atoms with E-state index in [0.717, 1.165) is 17.1 Å². The molecule has 0 amide bonds. The highest BCUT2D eigenvalue weighted by atomic mass is 15.1. The lowest BCUT2D eigenvalue weighted by Crippen LogP contribution is -2.17. The molecular weight excluding hydrogens is 699 g/mol. The van der Waals surface area contributed by atoms with Gasteiger partial charge in [0.05, 0.1) is 5.69 Å². The summed E-state index contributed by atoms with van der Waals surface area (Å²) in [5.74, 6) is 0. The number of benzene rings is 10. The van der Waals surface area contributed by atoms with Gasteiger partial charge in [0.15, 0.2) is 0 Å². The molecule has 1 nitrogen and oxygen atoms in total. The molecule has 58 heavy (non-hydrogen) atoms. The van der Waals surface area contributed by atoms with Crippen LogP contribution in [-0.2, 0) is 5.41 Å². The van der Waals surface area contributed by atoms with Crippen LogP contribution >= 0.6 is 0 Å². The minimum absolute atomic E-state index is 0.170. The van der Waals surface area contributed by atoms with Crippen LogP contribution in [0.25, 0.3) is 76.8 Å². The molecule has 0 unspecified atom stereocenters. The van der Waals surface area contributed by atoms with Crippen molar-refractivity contribution in [3.63, 3.8) is 0 Å². The molecule has 0 atom stereocenters. The molecule has 0 radical (unpaired) electrons. The van der Waals surface area contributed by atoms with Gasteiger partial charge in [-0.3, -0.25) is 0 Å². The Bertz CT molecular complexity index is 3170. The van der Waals surface area contributed by atoms with Crippen LogP contribution in [-0.4, -0.2) is 0 Å². The molecule has 0 spiro atoms. The molecule has 0 aliphatic heterocycles. The van der Waals surface area contributed by atoms with E-state index in [0.29, 0.717) is 0 Å². The average Bonchev–Trinajstić information content (AvgIpc) is 3.50. The highest BCUT2D eigenvalue weighted by Crippen LogP contribution is 2.53. The van der Waals surface area contributed by atoms with Crippen molar-refractivity contribution in [2.45, 2.75) is 19.3 Å². The van der Waals surface area contributed by atoms with Crippen LogP contribution < -0.4 is 4.90 Å². The van der Waals surface area contributed by atoms with E-state index in [1.54, 1.807) is 0 Å². The predicted molar refractivity (Wildman–Crippen MR) is 248 cm³/mol. The zero-order valence-corrected chi connectivity index (χ0v) is 32.7. The summed E-state index contributed by atoms with van der Waals surface area (Å²) >= 11 is 0. The lowest BCUT2D eigenvalue weighted by molar-refractivity contribution is 0.661. The summed E-state index contributed by atoms with van der Waals surface area (Å²) in [6.45, 7) is 4.77. The largest absolute Gasteiger partial charge is 0.310 e. The van der Waals surface area contributed by atoms with Gasteiger partial charge in [-0.15, -0.1) is 0 Å². The van der Waals surface area contributed by atoms with Crippen molar-refractivity contribution < 1.29 is 0 Å². The standard InChI is InChI=1S/C57H41N/c1-57(2)53-36-46-18-9-8-17-45(46)35-52(53)51-32-31-49(37-54(51)57)58(48-29-26-42(27-30-48)41-22-20-40(21-23-41)38-12-4-3-5-13-38)55-33-28-43-15-10-11-19-50(43)56(55)47-25-24-39-14-6-7-16-44(39)34-47/h3-37H,1-2H3. The number of fused-ring (bicyclic) bond motifs is 6. The molecule has 0 heterocycles. The molecule has 1 heteroatoms. The Morgan fingerprint density at radius 1 is 0.328 bits per heavy atom. The topological polar surface area (TPSA) is 3.24 Å². The molecule has 0 bridgehead atoms. The van der Waals surface area contributed by atoms with E-state index in [9.17, 15) is 0 Å². The fourth-order valence-corrected chi connectivity index (χ4v) is 9.36. The second-order valence-corrected chi connectivity index (χ2v) is 16.2.